The van der Waals surface area contributed by atoms with E-state index >= 15 is 0 Å². The number of anilines is 1. The lowest BCUT2D eigenvalue weighted by atomic mass is 10.1. The number of carbonyl (C=O) groups is 3. The fourth-order valence-corrected chi connectivity index (χ4v) is 4.37. The molecule has 9 heteroatoms. The number of hydrogen-bond donors (Lipinski definition) is 1. The second-order valence-electron chi connectivity index (χ2n) is 8.08. The number of rotatable bonds is 10. The number of primary amides is 1. The van der Waals surface area contributed by atoms with E-state index in [1.165, 1.54) is 5.01 Å². The number of nitrogens with zero attached hydrogens (tertiary/aromatic N) is 4. The van der Waals surface area contributed by atoms with E-state index in [0.717, 1.165) is 25.9 Å². The van der Waals surface area contributed by atoms with Gasteiger partial charge in [0.15, 0.2) is 0 Å². The van der Waals surface area contributed by atoms with Gasteiger partial charge < -0.3 is 15.4 Å². The number of amides is 2. The van der Waals surface area contributed by atoms with Crippen LogP contribution in [0.3, 0.4) is 0 Å². The summed E-state index contributed by atoms with van der Waals surface area (Å²) in [7, 11) is 0. The third-order valence-corrected chi connectivity index (χ3v) is 6.02. The van der Waals surface area contributed by atoms with E-state index < -0.39 is 11.9 Å². The largest absolute Gasteiger partial charge is 0.466 e. The first kappa shape index (κ1) is 23.7. The van der Waals surface area contributed by atoms with Crippen LogP contribution in [-0.2, 0) is 19.1 Å². The third kappa shape index (κ3) is 5.64. The first-order chi connectivity index (χ1) is 15.4. The van der Waals surface area contributed by atoms with Gasteiger partial charge in [-0.05, 0) is 45.0 Å². The number of nitrogens with two attached hydrogens (primary N) is 1. The Hall–Kier alpha value is -2.94. The van der Waals surface area contributed by atoms with Crippen LogP contribution >= 0.6 is 0 Å². The standard InChI is InChI=1S/C23H33N5O4/c1-3-26-13-8-11-18(26)16-27(14-12-21(29)32-4-2)23(31)19-15-20(22(24)30)28(25-19)17-9-6-5-7-10-17/h5-7,9-10,18,20H,3-4,8,11-16H2,1-2H3,(H2,24,30). The van der Waals surface area contributed by atoms with Crippen LogP contribution in [-0.4, -0.2) is 78.2 Å². The lowest BCUT2D eigenvalue weighted by Crippen LogP contribution is -2.46. The Morgan fingerprint density at radius 1 is 1.22 bits per heavy atom. The van der Waals surface area contributed by atoms with Crippen molar-refractivity contribution in [2.24, 2.45) is 10.8 Å². The highest BCUT2D eigenvalue weighted by Gasteiger charge is 2.37. The second kappa shape index (κ2) is 11.1. The number of esters is 1. The molecule has 2 unspecified atom stereocenters. The first-order valence-electron chi connectivity index (χ1n) is 11.3. The quantitative estimate of drug-likeness (QED) is 0.547. The third-order valence-electron chi connectivity index (χ3n) is 6.02. The van der Waals surface area contributed by atoms with Gasteiger partial charge in [-0.25, -0.2) is 0 Å². The summed E-state index contributed by atoms with van der Waals surface area (Å²) < 4.78 is 5.05. The Bertz CT molecular complexity index is 844. The maximum absolute atomic E-state index is 13.5. The molecule has 2 aliphatic heterocycles. The van der Waals surface area contributed by atoms with Crippen molar-refractivity contribution in [2.45, 2.75) is 51.6 Å². The monoisotopic (exact) mass is 443 g/mol. The maximum Gasteiger partial charge on any atom is 0.307 e. The average Bonchev–Trinajstić information content (AvgIpc) is 3.44. The molecule has 0 saturated carbocycles. The minimum absolute atomic E-state index is 0.118. The lowest BCUT2D eigenvalue weighted by molar-refractivity contribution is -0.143. The van der Waals surface area contributed by atoms with E-state index in [1.807, 2.05) is 30.3 Å². The summed E-state index contributed by atoms with van der Waals surface area (Å²) in [6.45, 7) is 6.85. The van der Waals surface area contributed by atoms with Gasteiger partial charge in [0.2, 0.25) is 5.91 Å². The van der Waals surface area contributed by atoms with Crippen molar-refractivity contribution in [3.8, 4) is 0 Å². The molecule has 1 fully saturated rings. The van der Waals surface area contributed by atoms with Crippen molar-refractivity contribution in [3.05, 3.63) is 30.3 Å². The minimum atomic E-state index is -0.720. The molecule has 9 nitrogen and oxygen atoms in total. The number of likely N-dealkylation sites (N-methyl/N-ethyl adjacent to an activating group) is 1. The zero-order valence-electron chi connectivity index (χ0n) is 18.9. The highest BCUT2D eigenvalue weighted by Crippen LogP contribution is 2.25. The SMILES string of the molecule is CCOC(=O)CCN(CC1CCCN1CC)C(=O)C1=NN(c2ccccc2)C(C(N)=O)C1. The summed E-state index contributed by atoms with van der Waals surface area (Å²) in [5.74, 6) is -1.13. The molecule has 2 atom stereocenters. The van der Waals surface area contributed by atoms with Crippen LogP contribution in [0.4, 0.5) is 5.69 Å². The van der Waals surface area contributed by atoms with Crippen molar-refractivity contribution in [1.82, 2.24) is 9.80 Å². The van der Waals surface area contributed by atoms with E-state index in [4.69, 9.17) is 10.5 Å². The summed E-state index contributed by atoms with van der Waals surface area (Å²) in [6, 6.07) is 8.72. The molecule has 2 amide bonds. The number of carbonyl (C=O) groups excluding carboxylic acids is 3. The van der Waals surface area contributed by atoms with Gasteiger partial charge in [-0.3, -0.25) is 24.3 Å². The van der Waals surface area contributed by atoms with Gasteiger partial charge in [-0.15, -0.1) is 0 Å². The van der Waals surface area contributed by atoms with Crippen LogP contribution < -0.4 is 10.7 Å². The van der Waals surface area contributed by atoms with Crippen molar-refractivity contribution >= 4 is 29.2 Å². The predicted molar refractivity (Wildman–Crippen MR) is 122 cm³/mol. The Labute approximate surface area is 189 Å². The van der Waals surface area contributed by atoms with Crippen LogP contribution in [0, 0.1) is 0 Å². The Kier molecular flexibility index (Phi) is 8.21. The van der Waals surface area contributed by atoms with Crippen LogP contribution in [0.5, 0.6) is 0 Å². The Morgan fingerprint density at radius 3 is 2.62 bits per heavy atom. The van der Waals surface area contributed by atoms with Crippen molar-refractivity contribution in [1.29, 1.82) is 0 Å². The van der Waals surface area contributed by atoms with E-state index in [9.17, 15) is 14.4 Å². The summed E-state index contributed by atoms with van der Waals surface area (Å²) >= 11 is 0. The molecule has 2 heterocycles. The molecular formula is C23H33N5O4. The van der Waals surface area contributed by atoms with Gasteiger partial charge in [0, 0.05) is 25.6 Å². The molecule has 2 aliphatic rings. The number of benzene rings is 1. The fraction of sp³-hybridized carbons (Fsp3) is 0.565. The normalized spacial score (nSPS) is 20.8. The Balaban J connectivity index is 1.80. The van der Waals surface area contributed by atoms with E-state index in [2.05, 4.69) is 16.9 Å². The molecule has 1 aromatic carbocycles. The summed E-state index contributed by atoms with van der Waals surface area (Å²) in [6.07, 6.45) is 2.35. The second-order valence-corrected chi connectivity index (χ2v) is 8.08. The molecule has 0 bridgehead atoms. The smallest absolute Gasteiger partial charge is 0.307 e. The van der Waals surface area contributed by atoms with Crippen LogP contribution in [0.15, 0.2) is 35.4 Å². The number of ether oxygens (including phenoxy) is 1. The van der Waals surface area contributed by atoms with E-state index in [-0.39, 0.29) is 43.0 Å². The molecule has 32 heavy (non-hydrogen) atoms. The maximum atomic E-state index is 13.5. The van der Waals surface area contributed by atoms with Gasteiger partial charge in [0.05, 0.1) is 18.7 Å². The zero-order valence-corrected chi connectivity index (χ0v) is 18.9. The van der Waals surface area contributed by atoms with Gasteiger partial charge in [-0.1, -0.05) is 25.1 Å². The van der Waals surface area contributed by atoms with Gasteiger partial charge in [0.1, 0.15) is 11.8 Å². The van der Waals surface area contributed by atoms with Crippen LogP contribution in [0.2, 0.25) is 0 Å². The number of para-hydroxylation sites is 1. The first-order valence-corrected chi connectivity index (χ1v) is 11.3. The topological polar surface area (TPSA) is 109 Å². The lowest BCUT2D eigenvalue weighted by Gasteiger charge is -2.30. The number of likely N-dealkylation sites (tertiary alicyclic amines) is 1. The van der Waals surface area contributed by atoms with E-state index in [0.29, 0.717) is 18.8 Å². The van der Waals surface area contributed by atoms with Crippen molar-refractivity contribution in [2.75, 3.05) is 37.8 Å². The van der Waals surface area contributed by atoms with Gasteiger partial charge >= 0.3 is 5.97 Å². The summed E-state index contributed by atoms with van der Waals surface area (Å²) in [4.78, 5) is 41.6. The van der Waals surface area contributed by atoms with Crippen molar-refractivity contribution in [3.63, 3.8) is 0 Å². The molecule has 3 rings (SSSR count). The average molecular weight is 444 g/mol. The molecule has 2 N–H and O–H groups in total. The molecule has 1 aromatic rings. The number of hydrazone groups is 1. The molecule has 0 aliphatic carbocycles. The zero-order chi connectivity index (χ0) is 23.1. The molecule has 174 valence electrons. The van der Waals surface area contributed by atoms with Crippen molar-refractivity contribution < 1.29 is 19.1 Å². The van der Waals surface area contributed by atoms with Crippen LogP contribution in [0.1, 0.15) is 39.5 Å². The Morgan fingerprint density at radius 2 is 1.97 bits per heavy atom. The van der Waals surface area contributed by atoms with Gasteiger partial charge in [0.25, 0.3) is 5.91 Å². The summed E-state index contributed by atoms with van der Waals surface area (Å²) in [5, 5.41) is 6.01. The van der Waals surface area contributed by atoms with Crippen LogP contribution in [0.25, 0.3) is 0 Å². The predicted octanol–water partition coefficient (Wildman–Crippen LogP) is 1.37. The minimum Gasteiger partial charge on any atom is -0.466 e. The van der Waals surface area contributed by atoms with E-state index in [1.54, 1.807) is 11.8 Å². The molecule has 0 spiro atoms. The summed E-state index contributed by atoms with van der Waals surface area (Å²) in [5.41, 5.74) is 6.60. The molecule has 0 aromatic heterocycles. The highest BCUT2D eigenvalue weighted by atomic mass is 16.5. The number of hydrogen-bond acceptors (Lipinski definition) is 7. The highest BCUT2D eigenvalue weighted by molar-refractivity contribution is 6.40. The molecule has 1 saturated heterocycles. The fourth-order valence-electron chi connectivity index (χ4n) is 4.37. The molecular weight excluding hydrogens is 410 g/mol. The molecule has 0 radical (unpaired) electrons. The van der Waals surface area contributed by atoms with Gasteiger partial charge in [-0.2, -0.15) is 5.10 Å².